The first-order chi connectivity index (χ1) is 13.0. The molecule has 0 radical (unpaired) electrons. The molecule has 0 unspecified atom stereocenters. The lowest BCUT2D eigenvalue weighted by molar-refractivity contribution is 0.0521. The van der Waals surface area contributed by atoms with Crippen molar-refractivity contribution in [2.24, 2.45) is 0 Å². The van der Waals surface area contributed by atoms with E-state index in [9.17, 15) is 10.2 Å². The Bertz CT molecular complexity index is 904. The van der Waals surface area contributed by atoms with Crippen molar-refractivity contribution in [2.45, 2.75) is 63.2 Å². The van der Waals surface area contributed by atoms with Crippen LogP contribution in [0.5, 0.6) is 5.75 Å². The van der Waals surface area contributed by atoms with Crippen LogP contribution in [-0.4, -0.2) is 38.2 Å². The maximum absolute atomic E-state index is 10.5. The third-order valence-corrected chi connectivity index (χ3v) is 6.53. The molecule has 142 valence electrons. The van der Waals surface area contributed by atoms with Crippen molar-refractivity contribution in [1.82, 2.24) is 10.2 Å². The third kappa shape index (κ3) is 2.78. The van der Waals surface area contributed by atoms with Gasteiger partial charge in [0, 0.05) is 16.7 Å². The predicted octanol–water partition coefficient (Wildman–Crippen LogP) is 3.09. The summed E-state index contributed by atoms with van der Waals surface area (Å²) < 4.78 is 5.72. The Morgan fingerprint density at radius 1 is 1.11 bits per heavy atom. The van der Waals surface area contributed by atoms with Gasteiger partial charge in [0.2, 0.25) is 0 Å². The average Bonchev–Trinajstić information content (AvgIpc) is 3.16. The fourth-order valence-electron chi connectivity index (χ4n) is 5.04. The lowest BCUT2D eigenvalue weighted by Gasteiger charge is -2.31. The normalized spacial score (nSPS) is 29.0. The summed E-state index contributed by atoms with van der Waals surface area (Å²) in [4.78, 5) is 0. The fourth-order valence-corrected chi connectivity index (χ4v) is 5.04. The van der Waals surface area contributed by atoms with Gasteiger partial charge in [-0.15, -0.1) is 10.2 Å². The van der Waals surface area contributed by atoms with Crippen molar-refractivity contribution in [3.63, 3.8) is 0 Å². The van der Waals surface area contributed by atoms with Gasteiger partial charge < -0.3 is 20.3 Å². The van der Waals surface area contributed by atoms with E-state index < -0.39 is 5.60 Å². The summed E-state index contributed by atoms with van der Waals surface area (Å²) in [6.07, 6.45) is 5.14. The summed E-state index contributed by atoms with van der Waals surface area (Å²) in [5.74, 6) is 1.00. The SMILES string of the molecule is Cc1ccc(-c2nnc(NC34CCC(O)(CC3)C4)c3c2CCOC3)c(O)c1. The quantitative estimate of drug-likeness (QED) is 0.773. The van der Waals surface area contributed by atoms with Crippen LogP contribution in [0.25, 0.3) is 11.3 Å². The minimum Gasteiger partial charge on any atom is -0.507 e. The molecule has 27 heavy (non-hydrogen) atoms. The molecule has 2 aromatic rings. The van der Waals surface area contributed by atoms with Crippen LogP contribution >= 0.6 is 0 Å². The Morgan fingerprint density at radius 2 is 1.93 bits per heavy atom. The van der Waals surface area contributed by atoms with Crippen LogP contribution in [-0.2, 0) is 17.8 Å². The van der Waals surface area contributed by atoms with E-state index in [1.54, 1.807) is 6.07 Å². The molecule has 2 saturated carbocycles. The van der Waals surface area contributed by atoms with Gasteiger partial charge in [0.25, 0.3) is 0 Å². The minimum absolute atomic E-state index is 0.0812. The second-order valence-corrected chi connectivity index (χ2v) is 8.48. The Hall–Kier alpha value is -2.18. The molecular formula is C21H25N3O3. The first kappa shape index (κ1) is 17.0. The van der Waals surface area contributed by atoms with Crippen LogP contribution in [0, 0.1) is 6.92 Å². The van der Waals surface area contributed by atoms with Crippen LogP contribution in [0.2, 0.25) is 0 Å². The highest BCUT2D eigenvalue weighted by Gasteiger charge is 2.53. The number of aromatic nitrogens is 2. The highest BCUT2D eigenvalue weighted by molar-refractivity contribution is 5.73. The second-order valence-electron chi connectivity index (χ2n) is 8.48. The fraction of sp³-hybridized carbons (Fsp3) is 0.524. The van der Waals surface area contributed by atoms with E-state index >= 15 is 0 Å². The van der Waals surface area contributed by atoms with Gasteiger partial charge in [-0.05, 0) is 68.7 Å². The molecule has 0 spiro atoms. The van der Waals surface area contributed by atoms with E-state index in [1.807, 2.05) is 19.1 Å². The molecule has 0 saturated heterocycles. The van der Waals surface area contributed by atoms with Gasteiger partial charge >= 0.3 is 0 Å². The van der Waals surface area contributed by atoms with Crippen molar-refractivity contribution in [1.29, 1.82) is 0 Å². The van der Waals surface area contributed by atoms with E-state index in [-0.39, 0.29) is 11.3 Å². The highest BCUT2D eigenvalue weighted by atomic mass is 16.5. The minimum atomic E-state index is -0.509. The molecule has 2 fully saturated rings. The number of hydrogen-bond acceptors (Lipinski definition) is 6. The Balaban J connectivity index is 1.55. The molecule has 5 rings (SSSR count). The van der Waals surface area contributed by atoms with E-state index in [0.717, 1.165) is 66.7 Å². The van der Waals surface area contributed by atoms with Crippen molar-refractivity contribution in [2.75, 3.05) is 11.9 Å². The number of aromatic hydroxyl groups is 1. The molecule has 3 aliphatic rings. The summed E-state index contributed by atoms with van der Waals surface area (Å²) in [6.45, 7) is 3.09. The molecule has 2 bridgehead atoms. The van der Waals surface area contributed by atoms with E-state index in [4.69, 9.17) is 4.74 Å². The van der Waals surface area contributed by atoms with E-state index in [2.05, 4.69) is 15.5 Å². The number of benzene rings is 1. The lowest BCUT2D eigenvalue weighted by atomic mass is 9.92. The molecular weight excluding hydrogens is 342 g/mol. The van der Waals surface area contributed by atoms with Gasteiger partial charge in [-0.25, -0.2) is 0 Å². The molecule has 1 aromatic carbocycles. The largest absolute Gasteiger partial charge is 0.507 e. The number of anilines is 1. The Kier molecular flexibility index (Phi) is 3.71. The maximum atomic E-state index is 10.5. The molecule has 2 heterocycles. The molecule has 0 atom stereocenters. The van der Waals surface area contributed by atoms with Gasteiger partial charge in [0.15, 0.2) is 5.82 Å². The van der Waals surface area contributed by atoms with Crippen LogP contribution in [0.15, 0.2) is 18.2 Å². The first-order valence-electron chi connectivity index (χ1n) is 9.74. The zero-order valence-corrected chi connectivity index (χ0v) is 15.6. The zero-order chi connectivity index (χ0) is 18.6. The monoisotopic (exact) mass is 367 g/mol. The van der Waals surface area contributed by atoms with E-state index in [0.29, 0.717) is 18.8 Å². The standard InChI is InChI=1S/C21H25N3O3/c1-13-2-3-15(17(25)10-13)18-14-4-9-27-11-16(14)19(24-23-18)22-20-5-7-21(26,12-20)8-6-20/h2-3,10,25-26H,4-9,11-12H2,1H3,(H,22,24). The van der Waals surface area contributed by atoms with E-state index in [1.165, 1.54) is 0 Å². The third-order valence-electron chi connectivity index (χ3n) is 6.53. The molecule has 0 amide bonds. The smallest absolute Gasteiger partial charge is 0.154 e. The van der Waals surface area contributed by atoms with Gasteiger partial charge in [0.05, 0.1) is 18.8 Å². The van der Waals surface area contributed by atoms with Gasteiger partial charge in [-0.1, -0.05) is 6.07 Å². The topological polar surface area (TPSA) is 87.5 Å². The number of nitrogens with one attached hydrogen (secondary N) is 1. The van der Waals surface area contributed by atoms with Crippen molar-refractivity contribution < 1.29 is 14.9 Å². The molecule has 1 aliphatic heterocycles. The molecule has 1 aromatic heterocycles. The predicted molar refractivity (Wildman–Crippen MR) is 102 cm³/mol. The second kappa shape index (κ2) is 5.91. The van der Waals surface area contributed by atoms with Crippen molar-refractivity contribution >= 4 is 5.82 Å². The molecule has 6 nitrogen and oxygen atoms in total. The number of nitrogens with zero attached hydrogens (tertiary/aromatic N) is 2. The average molecular weight is 367 g/mol. The van der Waals surface area contributed by atoms with Crippen LogP contribution in [0.1, 0.15) is 48.8 Å². The number of ether oxygens (including phenoxy) is 1. The van der Waals surface area contributed by atoms with Crippen molar-refractivity contribution in [3.8, 4) is 17.0 Å². The molecule has 3 N–H and O–H groups in total. The number of hydrogen-bond donors (Lipinski definition) is 3. The van der Waals surface area contributed by atoms with Gasteiger partial charge in [-0.2, -0.15) is 0 Å². The lowest BCUT2D eigenvalue weighted by Crippen LogP contribution is -2.34. The summed E-state index contributed by atoms with van der Waals surface area (Å²) in [5.41, 5.74) is 4.00. The van der Waals surface area contributed by atoms with Crippen LogP contribution < -0.4 is 5.32 Å². The number of aryl methyl sites for hydroxylation is 1. The Morgan fingerprint density at radius 3 is 2.63 bits per heavy atom. The van der Waals surface area contributed by atoms with Gasteiger partial charge in [-0.3, -0.25) is 0 Å². The first-order valence-corrected chi connectivity index (χ1v) is 9.74. The van der Waals surface area contributed by atoms with Crippen molar-refractivity contribution in [3.05, 3.63) is 34.9 Å². The maximum Gasteiger partial charge on any atom is 0.154 e. The number of phenolic OH excluding ortho intramolecular Hbond substituents is 1. The number of rotatable bonds is 3. The summed E-state index contributed by atoms with van der Waals surface area (Å²) in [6, 6.07) is 5.64. The molecule has 6 heteroatoms. The Labute approximate surface area is 158 Å². The number of phenols is 1. The highest BCUT2D eigenvalue weighted by Crippen LogP contribution is 2.52. The molecule has 2 aliphatic carbocycles. The number of fused-ring (bicyclic) bond motifs is 3. The van der Waals surface area contributed by atoms with Crippen LogP contribution in [0.3, 0.4) is 0 Å². The summed E-state index contributed by atoms with van der Waals surface area (Å²) in [7, 11) is 0. The number of aliphatic hydroxyl groups is 1. The van der Waals surface area contributed by atoms with Crippen LogP contribution in [0.4, 0.5) is 5.82 Å². The summed E-state index contributed by atoms with van der Waals surface area (Å²) in [5, 5.41) is 33.6. The van der Waals surface area contributed by atoms with Gasteiger partial charge in [0.1, 0.15) is 11.4 Å². The zero-order valence-electron chi connectivity index (χ0n) is 15.6. The summed E-state index contributed by atoms with van der Waals surface area (Å²) >= 11 is 0.